The Hall–Kier alpha value is -1.29. The molecule has 2 N–H and O–H groups in total. The molecular weight excluding hydrogens is 226 g/mol. The molecule has 2 heterocycles. The van der Waals surface area contributed by atoms with E-state index in [1.165, 1.54) is 6.42 Å². The molecule has 4 heteroatoms. The summed E-state index contributed by atoms with van der Waals surface area (Å²) in [5.41, 5.74) is 7.88. The number of aryl methyl sites for hydroxylation is 1. The van der Waals surface area contributed by atoms with Crippen molar-refractivity contribution in [2.24, 2.45) is 12.8 Å². The lowest BCUT2D eigenvalue weighted by molar-refractivity contribution is 0.0574. The third kappa shape index (κ3) is 2.29. The number of carbonyl (C=O) groups is 1. The van der Waals surface area contributed by atoms with Gasteiger partial charge in [-0.2, -0.15) is 0 Å². The highest BCUT2D eigenvalue weighted by Gasteiger charge is 2.30. The van der Waals surface area contributed by atoms with Gasteiger partial charge in [0.15, 0.2) is 0 Å². The van der Waals surface area contributed by atoms with Crippen molar-refractivity contribution in [2.45, 2.75) is 45.2 Å². The molecule has 1 saturated heterocycles. The van der Waals surface area contributed by atoms with Crippen LogP contribution in [0.5, 0.6) is 0 Å². The highest BCUT2D eigenvalue weighted by Crippen LogP contribution is 2.22. The fraction of sp³-hybridized carbons (Fsp3) is 0.643. The molecule has 100 valence electrons. The lowest BCUT2D eigenvalue weighted by Crippen LogP contribution is -2.52. The molecule has 0 spiro atoms. The number of nitrogens with two attached hydrogens (primary N) is 1. The first-order chi connectivity index (χ1) is 8.52. The van der Waals surface area contributed by atoms with E-state index in [4.69, 9.17) is 5.73 Å². The maximum Gasteiger partial charge on any atom is 0.270 e. The van der Waals surface area contributed by atoms with E-state index in [9.17, 15) is 4.79 Å². The van der Waals surface area contributed by atoms with E-state index < -0.39 is 0 Å². The van der Waals surface area contributed by atoms with Gasteiger partial charge in [0.1, 0.15) is 5.69 Å². The summed E-state index contributed by atoms with van der Waals surface area (Å²) in [7, 11) is 1.94. The Bertz CT molecular complexity index is 436. The molecule has 0 aromatic carbocycles. The van der Waals surface area contributed by atoms with Gasteiger partial charge in [-0.1, -0.05) is 0 Å². The highest BCUT2D eigenvalue weighted by atomic mass is 16.2. The molecule has 0 saturated carbocycles. The zero-order valence-corrected chi connectivity index (χ0v) is 11.5. The topological polar surface area (TPSA) is 51.3 Å². The van der Waals surface area contributed by atoms with Gasteiger partial charge in [-0.25, -0.2) is 0 Å². The minimum atomic E-state index is 0.0376. The maximum absolute atomic E-state index is 12.6. The molecular formula is C14H23N3O. The minimum Gasteiger partial charge on any atom is -0.344 e. The van der Waals surface area contributed by atoms with Crippen LogP contribution in [0.15, 0.2) is 12.1 Å². The predicted octanol–water partition coefficient (Wildman–Crippen LogP) is 1.68. The molecule has 1 aromatic rings. The van der Waals surface area contributed by atoms with E-state index in [0.29, 0.717) is 0 Å². The summed E-state index contributed by atoms with van der Waals surface area (Å²) in [5.74, 6) is 0.118. The number of piperidine rings is 1. The molecule has 1 amide bonds. The largest absolute Gasteiger partial charge is 0.344 e. The molecule has 18 heavy (non-hydrogen) atoms. The van der Waals surface area contributed by atoms with Crippen LogP contribution >= 0.6 is 0 Å². The Morgan fingerprint density at radius 2 is 2.17 bits per heavy atom. The van der Waals surface area contributed by atoms with Crippen LogP contribution in [0.4, 0.5) is 0 Å². The third-order valence-electron chi connectivity index (χ3n) is 4.01. The van der Waals surface area contributed by atoms with Crippen molar-refractivity contribution in [3.63, 3.8) is 0 Å². The number of nitrogens with zero attached hydrogens (tertiary/aromatic N) is 2. The summed E-state index contributed by atoms with van der Waals surface area (Å²) in [6.45, 7) is 4.83. The maximum atomic E-state index is 12.6. The predicted molar refractivity (Wildman–Crippen MR) is 72.5 cm³/mol. The van der Waals surface area contributed by atoms with Crippen LogP contribution in [0.1, 0.15) is 42.4 Å². The van der Waals surface area contributed by atoms with E-state index in [0.717, 1.165) is 30.8 Å². The van der Waals surface area contributed by atoms with Crippen LogP contribution in [-0.4, -0.2) is 34.0 Å². The summed E-state index contributed by atoms with van der Waals surface area (Å²) in [6.07, 6.45) is 3.27. The first-order valence-corrected chi connectivity index (χ1v) is 6.71. The fourth-order valence-electron chi connectivity index (χ4n) is 2.73. The minimum absolute atomic E-state index is 0.0376. The molecule has 2 atom stereocenters. The van der Waals surface area contributed by atoms with E-state index >= 15 is 0 Å². The number of aromatic nitrogens is 1. The summed E-state index contributed by atoms with van der Waals surface area (Å²) < 4.78 is 1.95. The Labute approximate surface area is 109 Å². The van der Waals surface area contributed by atoms with Crippen molar-refractivity contribution in [1.82, 2.24) is 9.47 Å². The molecule has 0 unspecified atom stereocenters. The van der Waals surface area contributed by atoms with Crippen molar-refractivity contribution < 1.29 is 4.79 Å². The van der Waals surface area contributed by atoms with E-state index in [1.54, 1.807) is 0 Å². The van der Waals surface area contributed by atoms with Crippen molar-refractivity contribution in [3.05, 3.63) is 23.5 Å². The second-order valence-corrected chi connectivity index (χ2v) is 5.34. The summed E-state index contributed by atoms with van der Waals surface area (Å²) in [6, 6.07) is 4.11. The monoisotopic (exact) mass is 249 g/mol. The first-order valence-electron chi connectivity index (χ1n) is 6.71. The van der Waals surface area contributed by atoms with Crippen molar-refractivity contribution in [1.29, 1.82) is 0 Å². The van der Waals surface area contributed by atoms with Crippen molar-refractivity contribution in [3.8, 4) is 0 Å². The van der Waals surface area contributed by atoms with Gasteiger partial charge in [-0.3, -0.25) is 4.79 Å². The van der Waals surface area contributed by atoms with Gasteiger partial charge >= 0.3 is 0 Å². The number of hydrogen-bond acceptors (Lipinski definition) is 2. The van der Waals surface area contributed by atoms with Gasteiger partial charge in [0.05, 0.1) is 0 Å². The Morgan fingerprint density at radius 1 is 1.44 bits per heavy atom. The van der Waals surface area contributed by atoms with Crippen LogP contribution in [-0.2, 0) is 7.05 Å². The van der Waals surface area contributed by atoms with Crippen LogP contribution in [0.3, 0.4) is 0 Å². The van der Waals surface area contributed by atoms with Gasteiger partial charge in [-0.15, -0.1) is 0 Å². The SMILES string of the molecule is Cc1ccc(C(=O)N2CCCC[C@H]2[C@H](C)N)n1C. The van der Waals surface area contributed by atoms with Crippen LogP contribution < -0.4 is 5.73 Å². The Kier molecular flexibility index (Phi) is 3.76. The van der Waals surface area contributed by atoms with Gasteiger partial charge in [0.25, 0.3) is 5.91 Å². The average Bonchev–Trinajstić information content (AvgIpc) is 2.69. The van der Waals surface area contributed by atoms with Gasteiger partial charge in [-0.05, 0) is 45.2 Å². The highest BCUT2D eigenvalue weighted by molar-refractivity contribution is 5.93. The van der Waals surface area contributed by atoms with Gasteiger partial charge < -0.3 is 15.2 Å². The first kappa shape index (κ1) is 13.1. The summed E-state index contributed by atoms with van der Waals surface area (Å²) >= 11 is 0. The average molecular weight is 249 g/mol. The number of rotatable bonds is 2. The molecule has 4 nitrogen and oxygen atoms in total. The normalized spacial score (nSPS) is 22.0. The van der Waals surface area contributed by atoms with E-state index in [1.807, 2.05) is 42.5 Å². The number of carbonyl (C=O) groups excluding carboxylic acids is 1. The van der Waals surface area contributed by atoms with E-state index in [2.05, 4.69) is 0 Å². The Balaban J connectivity index is 2.23. The van der Waals surface area contributed by atoms with Gasteiger partial charge in [0.2, 0.25) is 0 Å². The second-order valence-electron chi connectivity index (χ2n) is 5.34. The van der Waals surface area contributed by atoms with Crippen molar-refractivity contribution in [2.75, 3.05) is 6.54 Å². The van der Waals surface area contributed by atoms with Gasteiger partial charge in [0, 0.05) is 31.4 Å². The summed E-state index contributed by atoms with van der Waals surface area (Å²) in [5, 5.41) is 0. The number of likely N-dealkylation sites (tertiary alicyclic amines) is 1. The zero-order chi connectivity index (χ0) is 13.3. The number of amides is 1. The molecule has 1 aliphatic rings. The standard InChI is InChI=1S/C14H23N3O/c1-10-7-8-13(16(10)3)14(18)17-9-5-4-6-12(17)11(2)15/h7-8,11-12H,4-6,9,15H2,1-3H3/t11-,12-/m0/s1. The molecule has 1 aromatic heterocycles. The molecule has 1 fully saturated rings. The fourth-order valence-corrected chi connectivity index (χ4v) is 2.73. The van der Waals surface area contributed by atoms with Crippen LogP contribution in [0.2, 0.25) is 0 Å². The lowest BCUT2D eigenvalue weighted by atomic mass is 9.96. The van der Waals surface area contributed by atoms with Crippen molar-refractivity contribution >= 4 is 5.91 Å². The molecule has 2 rings (SSSR count). The van der Waals surface area contributed by atoms with Crippen LogP contribution in [0.25, 0.3) is 0 Å². The Morgan fingerprint density at radius 3 is 2.72 bits per heavy atom. The smallest absolute Gasteiger partial charge is 0.270 e. The molecule has 0 radical (unpaired) electrons. The molecule has 0 aliphatic carbocycles. The second kappa shape index (κ2) is 5.14. The lowest BCUT2D eigenvalue weighted by Gasteiger charge is -2.38. The molecule has 0 bridgehead atoms. The van der Waals surface area contributed by atoms with E-state index in [-0.39, 0.29) is 18.0 Å². The number of hydrogen-bond donors (Lipinski definition) is 1. The summed E-state index contributed by atoms with van der Waals surface area (Å²) in [4.78, 5) is 14.6. The third-order valence-corrected chi connectivity index (χ3v) is 4.01. The molecule has 1 aliphatic heterocycles. The van der Waals surface area contributed by atoms with Crippen LogP contribution in [0, 0.1) is 6.92 Å². The zero-order valence-electron chi connectivity index (χ0n) is 11.5. The quantitative estimate of drug-likeness (QED) is 0.867.